The molecule has 6 heteroatoms. The van der Waals surface area contributed by atoms with Gasteiger partial charge in [0.15, 0.2) is 11.6 Å². The van der Waals surface area contributed by atoms with E-state index in [1.54, 1.807) is 0 Å². The molecule has 0 aliphatic carbocycles. The third-order valence-electron chi connectivity index (χ3n) is 2.13. The van der Waals surface area contributed by atoms with Gasteiger partial charge in [0.1, 0.15) is 6.67 Å². The van der Waals surface area contributed by atoms with Crippen LogP contribution >= 0.6 is 0 Å². The molecule has 84 valence electrons. The number of nitrogens with zero attached hydrogens (tertiary/aromatic N) is 1. The van der Waals surface area contributed by atoms with Gasteiger partial charge in [-0.15, -0.1) is 0 Å². The van der Waals surface area contributed by atoms with Crippen LogP contribution in [0.15, 0.2) is 22.9 Å². The van der Waals surface area contributed by atoms with Crippen molar-refractivity contribution in [1.82, 2.24) is 5.16 Å². The van der Waals surface area contributed by atoms with Crippen molar-refractivity contribution in [3.63, 3.8) is 0 Å². The molecule has 2 aromatic rings. The number of halogens is 3. The molecule has 0 bridgehead atoms. The van der Waals surface area contributed by atoms with Gasteiger partial charge in [-0.3, -0.25) is 0 Å². The number of nitrogen functional groups attached to an aromatic ring is 1. The van der Waals surface area contributed by atoms with Crippen molar-refractivity contribution in [3.8, 4) is 11.1 Å². The monoisotopic (exact) mass is 228 g/mol. The number of hydrogen-bond acceptors (Lipinski definition) is 3. The van der Waals surface area contributed by atoms with E-state index in [9.17, 15) is 13.2 Å². The largest absolute Gasteiger partial charge is 0.367 e. The van der Waals surface area contributed by atoms with Crippen molar-refractivity contribution < 1.29 is 17.7 Å². The summed E-state index contributed by atoms with van der Waals surface area (Å²) in [6, 6.07) is 1.96. The molecule has 0 unspecified atom stereocenters. The Morgan fingerprint density at radius 3 is 2.56 bits per heavy atom. The Bertz CT molecular complexity index is 525. The van der Waals surface area contributed by atoms with E-state index >= 15 is 0 Å². The third-order valence-corrected chi connectivity index (χ3v) is 2.13. The zero-order chi connectivity index (χ0) is 11.7. The number of alkyl halides is 1. The molecule has 1 aromatic carbocycles. The van der Waals surface area contributed by atoms with Crippen LogP contribution in [-0.4, -0.2) is 5.16 Å². The molecule has 0 amide bonds. The molecular weight excluding hydrogens is 221 g/mol. The fourth-order valence-corrected chi connectivity index (χ4v) is 1.37. The lowest BCUT2D eigenvalue weighted by atomic mass is 10.0. The lowest BCUT2D eigenvalue weighted by Gasteiger charge is -2.04. The average Bonchev–Trinajstić information content (AvgIpc) is 2.68. The topological polar surface area (TPSA) is 52.0 Å². The van der Waals surface area contributed by atoms with E-state index < -0.39 is 18.3 Å². The molecule has 1 aromatic heterocycles. The van der Waals surface area contributed by atoms with E-state index in [2.05, 4.69) is 9.68 Å². The van der Waals surface area contributed by atoms with Crippen LogP contribution in [-0.2, 0) is 6.67 Å². The quantitative estimate of drug-likeness (QED) is 0.859. The molecule has 0 atom stereocenters. The van der Waals surface area contributed by atoms with Crippen molar-refractivity contribution >= 4 is 5.88 Å². The zero-order valence-corrected chi connectivity index (χ0v) is 8.01. The fraction of sp³-hybridized carbons (Fsp3) is 0.100. The highest BCUT2D eigenvalue weighted by Crippen LogP contribution is 2.30. The molecule has 2 rings (SSSR count). The van der Waals surface area contributed by atoms with Crippen molar-refractivity contribution in [2.24, 2.45) is 0 Å². The molecular formula is C10H7F3N2O. The van der Waals surface area contributed by atoms with Gasteiger partial charge in [0.2, 0.25) is 5.88 Å². The van der Waals surface area contributed by atoms with E-state index in [0.29, 0.717) is 0 Å². The third kappa shape index (κ3) is 1.62. The second-order valence-corrected chi connectivity index (χ2v) is 3.18. The van der Waals surface area contributed by atoms with Gasteiger partial charge in [0.05, 0.1) is 11.8 Å². The summed E-state index contributed by atoms with van der Waals surface area (Å²) < 4.78 is 43.5. The van der Waals surface area contributed by atoms with Gasteiger partial charge in [0.25, 0.3) is 0 Å². The summed E-state index contributed by atoms with van der Waals surface area (Å²) in [4.78, 5) is 0. The molecule has 0 fully saturated rings. The Hall–Kier alpha value is -1.98. The van der Waals surface area contributed by atoms with Gasteiger partial charge in [-0.25, -0.2) is 13.2 Å². The average molecular weight is 228 g/mol. The van der Waals surface area contributed by atoms with E-state index in [1.165, 1.54) is 6.07 Å². The lowest BCUT2D eigenvalue weighted by Crippen LogP contribution is -1.94. The predicted molar refractivity (Wildman–Crippen MR) is 51.1 cm³/mol. The summed E-state index contributed by atoms with van der Waals surface area (Å²) in [5.74, 6) is -2.38. The Balaban J connectivity index is 2.64. The standard InChI is InChI=1S/C10H7F3N2O/c11-3-5-1-6(9(13)8(12)2-5)7-4-15-16-10(7)14/h1-2,4H,3,14H2. The lowest BCUT2D eigenvalue weighted by molar-refractivity contribution is 0.436. The Morgan fingerprint density at radius 2 is 2.00 bits per heavy atom. The fourth-order valence-electron chi connectivity index (χ4n) is 1.37. The van der Waals surface area contributed by atoms with E-state index in [0.717, 1.165) is 12.3 Å². The minimum absolute atomic E-state index is 0.0227. The number of aromatic nitrogens is 1. The van der Waals surface area contributed by atoms with Crippen LogP contribution in [0.4, 0.5) is 19.1 Å². The first-order valence-corrected chi connectivity index (χ1v) is 4.38. The van der Waals surface area contributed by atoms with E-state index in [-0.39, 0.29) is 22.6 Å². The highest BCUT2D eigenvalue weighted by molar-refractivity contribution is 5.72. The Kier molecular flexibility index (Phi) is 2.55. The van der Waals surface area contributed by atoms with Gasteiger partial charge in [0, 0.05) is 5.56 Å². The molecule has 0 saturated heterocycles. The molecule has 0 saturated carbocycles. The maximum Gasteiger partial charge on any atom is 0.230 e. The number of rotatable bonds is 2. The zero-order valence-electron chi connectivity index (χ0n) is 8.01. The van der Waals surface area contributed by atoms with Crippen LogP contribution in [0.3, 0.4) is 0 Å². The molecule has 0 aliphatic heterocycles. The number of hydrogen-bond donors (Lipinski definition) is 1. The molecule has 1 heterocycles. The first-order chi connectivity index (χ1) is 7.63. The number of anilines is 1. The normalized spacial score (nSPS) is 10.7. The van der Waals surface area contributed by atoms with Gasteiger partial charge >= 0.3 is 0 Å². The Labute approximate surface area is 88.7 Å². The summed E-state index contributed by atoms with van der Waals surface area (Å²) >= 11 is 0. The summed E-state index contributed by atoms with van der Waals surface area (Å²) in [6.07, 6.45) is 1.15. The highest BCUT2D eigenvalue weighted by Gasteiger charge is 2.16. The van der Waals surface area contributed by atoms with Crippen LogP contribution in [0.2, 0.25) is 0 Å². The highest BCUT2D eigenvalue weighted by atomic mass is 19.2. The molecule has 2 N–H and O–H groups in total. The smallest absolute Gasteiger partial charge is 0.230 e. The van der Waals surface area contributed by atoms with E-state index in [1.807, 2.05) is 0 Å². The molecule has 3 nitrogen and oxygen atoms in total. The number of nitrogens with two attached hydrogens (primary N) is 1. The van der Waals surface area contributed by atoms with Crippen LogP contribution in [0.5, 0.6) is 0 Å². The first-order valence-electron chi connectivity index (χ1n) is 4.38. The molecule has 0 aliphatic rings. The minimum atomic E-state index is -1.13. The van der Waals surface area contributed by atoms with Crippen LogP contribution in [0.25, 0.3) is 11.1 Å². The van der Waals surface area contributed by atoms with Crippen molar-refractivity contribution in [2.75, 3.05) is 5.73 Å². The summed E-state index contributed by atoms with van der Waals surface area (Å²) in [5, 5.41) is 3.34. The summed E-state index contributed by atoms with van der Waals surface area (Å²) in [6.45, 7) is -0.893. The molecule has 16 heavy (non-hydrogen) atoms. The van der Waals surface area contributed by atoms with Crippen molar-refractivity contribution in [3.05, 3.63) is 35.5 Å². The summed E-state index contributed by atoms with van der Waals surface area (Å²) in [7, 11) is 0. The van der Waals surface area contributed by atoms with Crippen molar-refractivity contribution in [2.45, 2.75) is 6.67 Å². The van der Waals surface area contributed by atoms with Gasteiger partial charge < -0.3 is 10.3 Å². The second kappa shape index (κ2) is 3.88. The number of benzene rings is 1. The van der Waals surface area contributed by atoms with Crippen LogP contribution in [0, 0.1) is 11.6 Å². The maximum absolute atomic E-state index is 13.4. The van der Waals surface area contributed by atoms with Gasteiger partial charge in [-0.2, -0.15) is 0 Å². The first kappa shape index (κ1) is 10.5. The molecule has 0 spiro atoms. The summed E-state index contributed by atoms with van der Waals surface area (Å²) in [5.41, 5.74) is 5.34. The minimum Gasteiger partial charge on any atom is -0.367 e. The van der Waals surface area contributed by atoms with E-state index in [4.69, 9.17) is 5.73 Å². The van der Waals surface area contributed by atoms with Gasteiger partial charge in [-0.1, -0.05) is 5.16 Å². The van der Waals surface area contributed by atoms with Crippen molar-refractivity contribution in [1.29, 1.82) is 0 Å². The predicted octanol–water partition coefficient (Wildman–Crippen LogP) is 2.67. The van der Waals surface area contributed by atoms with Gasteiger partial charge in [-0.05, 0) is 17.7 Å². The molecule has 0 radical (unpaired) electrons. The van der Waals surface area contributed by atoms with Crippen LogP contribution in [0.1, 0.15) is 5.56 Å². The Morgan fingerprint density at radius 1 is 1.25 bits per heavy atom. The maximum atomic E-state index is 13.4. The van der Waals surface area contributed by atoms with Crippen LogP contribution < -0.4 is 5.73 Å². The SMILES string of the molecule is Nc1oncc1-c1cc(CF)cc(F)c1F. The second-order valence-electron chi connectivity index (χ2n) is 3.18.